The highest BCUT2D eigenvalue weighted by atomic mass is 35.5. The zero-order chi connectivity index (χ0) is 16.7. The lowest BCUT2D eigenvalue weighted by atomic mass is 10.3. The summed E-state index contributed by atoms with van der Waals surface area (Å²) in [7, 11) is 0. The molecule has 1 amide bonds. The van der Waals surface area contributed by atoms with E-state index in [1.165, 1.54) is 11.8 Å². The maximum absolute atomic E-state index is 12.1. The van der Waals surface area contributed by atoms with Crippen LogP contribution in [-0.4, -0.2) is 18.2 Å². The molecular formula is C16H13Cl2N3OS. The summed E-state index contributed by atoms with van der Waals surface area (Å²) < 4.78 is 0. The van der Waals surface area contributed by atoms with Gasteiger partial charge in [0, 0.05) is 20.6 Å². The summed E-state index contributed by atoms with van der Waals surface area (Å²) in [6, 6.07) is 14.4. The highest BCUT2D eigenvalue weighted by Crippen LogP contribution is 2.26. The van der Waals surface area contributed by atoms with Crippen molar-refractivity contribution in [3.8, 4) is 6.07 Å². The van der Waals surface area contributed by atoms with Crippen LogP contribution in [0.2, 0.25) is 10.0 Å². The molecule has 0 spiro atoms. The van der Waals surface area contributed by atoms with Gasteiger partial charge in [-0.2, -0.15) is 5.26 Å². The smallest absolute Gasteiger partial charge is 0.243 e. The third-order valence-corrected chi connectivity index (χ3v) is 4.15. The number of halogens is 2. The summed E-state index contributed by atoms with van der Waals surface area (Å²) in [6.07, 6.45) is 0. The third-order valence-electron chi connectivity index (χ3n) is 2.77. The Bertz CT molecular complexity index is 726. The summed E-state index contributed by atoms with van der Waals surface area (Å²) in [4.78, 5) is 12.9. The van der Waals surface area contributed by atoms with Crippen LogP contribution in [0.5, 0.6) is 0 Å². The van der Waals surface area contributed by atoms with E-state index in [4.69, 9.17) is 28.5 Å². The molecule has 0 aliphatic rings. The number of nitrogens with zero attached hydrogens (tertiary/aromatic N) is 1. The molecule has 0 atom stereocenters. The van der Waals surface area contributed by atoms with E-state index in [1.54, 1.807) is 24.3 Å². The number of carbonyl (C=O) groups is 1. The normalized spacial score (nSPS) is 9.96. The molecule has 7 heteroatoms. The van der Waals surface area contributed by atoms with Gasteiger partial charge in [0.05, 0.1) is 24.1 Å². The fourth-order valence-electron chi connectivity index (χ4n) is 1.84. The van der Waals surface area contributed by atoms with E-state index in [0.717, 1.165) is 4.90 Å². The third kappa shape index (κ3) is 5.68. The van der Waals surface area contributed by atoms with Crippen molar-refractivity contribution in [2.75, 3.05) is 22.9 Å². The van der Waals surface area contributed by atoms with Crippen molar-refractivity contribution >= 4 is 52.2 Å². The Hall–Kier alpha value is -1.87. The Morgan fingerprint density at radius 3 is 2.57 bits per heavy atom. The van der Waals surface area contributed by atoms with Crippen molar-refractivity contribution in [2.45, 2.75) is 4.90 Å². The molecule has 2 aromatic rings. The van der Waals surface area contributed by atoms with Crippen molar-refractivity contribution in [3.63, 3.8) is 0 Å². The lowest BCUT2D eigenvalue weighted by Gasteiger charge is -2.11. The van der Waals surface area contributed by atoms with Gasteiger partial charge < -0.3 is 10.6 Å². The largest absolute Gasteiger partial charge is 0.376 e. The molecule has 2 N–H and O–H groups in total. The van der Waals surface area contributed by atoms with Crippen LogP contribution in [0.15, 0.2) is 47.4 Å². The summed E-state index contributed by atoms with van der Waals surface area (Å²) >= 11 is 13.2. The minimum Gasteiger partial charge on any atom is -0.376 e. The first-order valence-corrected chi connectivity index (χ1v) is 8.41. The van der Waals surface area contributed by atoms with Crippen molar-refractivity contribution in [1.82, 2.24) is 0 Å². The Labute approximate surface area is 148 Å². The molecule has 2 aromatic carbocycles. The van der Waals surface area contributed by atoms with E-state index in [-0.39, 0.29) is 12.5 Å². The van der Waals surface area contributed by atoms with Crippen molar-refractivity contribution < 1.29 is 4.79 Å². The van der Waals surface area contributed by atoms with Gasteiger partial charge in [-0.05, 0) is 30.3 Å². The highest BCUT2D eigenvalue weighted by molar-refractivity contribution is 7.99. The van der Waals surface area contributed by atoms with E-state index in [1.807, 2.05) is 18.2 Å². The Kier molecular flexibility index (Phi) is 6.60. The number of nitriles is 1. The molecule has 0 unspecified atom stereocenters. The van der Waals surface area contributed by atoms with E-state index in [2.05, 4.69) is 16.7 Å². The molecule has 0 saturated heterocycles. The second-order valence-corrected chi connectivity index (χ2v) is 6.39. The lowest BCUT2D eigenvalue weighted by Crippen LogP contribution is -2.22. The van der Waals surface area contributed by atoms with Gasteiger partial charge >= 0.3 is 0 Å². The van der Waals surface area contributed by atoms with Crippen LogP contribution in [0.4, 0.5) is 11.4 Å². The minimum atomic E-state index is -0.203. The van der Waals surface area contributed by atoms with Gasteiger partial charge in [0.1, 0.15) is 0 Å². The van der Waals surface area contributed by atoms with Gasteiger partial charge in [-0.25, -0.2) is 0 Å². The van der Waals surface area contributed by atoms with E-state index in [0.29, 0.717) is 27.2 Å². The second kappa shape index (κ2) is 8.68. The molecule has 0 radical (unpaired) electrons. The number of hydrogen-bond donors (Lipinski definition) is 2. The zero-order valence-electron chi connectivity index (χ0n) is 12.0. The average molecular weight is 366 g/mol. The summed E-state index contributed by atoms with van der Waals surface area (Å²) in [6.45, 7) is 0.0773. The first kappa shape index (κ1) is 17.5. The van der Waals surface area contributed by atoms with Crippen LogP contribution in [0.1, 0.15) is 0 Å². The molecule has 118 valence electrons. The maximum atomic E-state index is 12.1. The Morgan fingerprint density at radius 2 is 1.87 bits per heavy atom. The number of nitrogens with one attached hydrogen (secondary N) is 2. The van der Waals surface area contributed by atoms with Gasteiger partial charge in [-0.1, -0.05) is 35.3 Å². The molecule has 23 heavy (non-hydrogen) atoms. The number of rotatable bonds is 6. The monoisotopic (exact) mass is 365 g/mol. The highest BCUT2D eigenvalue weighted by Gasteiger charge is 2.07. The van der Waals surface area contributed by atoms with Crippen LogP contribution in [0, 0.1) is 11.3 Å². The molecule has 0 aromatic heterocycles. The molecule has 0 saturated carbocycles. The average Bonchev–Trinajstić information content (AvgIpc) is 2.51. The van der Waals surface area contributed by atoms with Crippen LogP contribution in [0.25, 0.3) is 0 Å². The van der Waals surface area contributed by atoms with Gasteiger partial charge in [-0.15, -0.1) is 11.8 Å². The van der Waals surface area contributed by atoms with E-state index in [9.17, 15) is 4.79 Å². The number of amides is 1. The molecule has 0 bridgehead atoms. The van der Waals surface area contributed by atoms with Crippen LogP contribution < -0.4 is 10.6 Å². The van der Waals surface area contributed by atoms with E-state index >= 15 is 0 Å². The summed E-state index contributed by atoms with van der Waals surface area (Å²) in [5.74, 6) is 0.123. The first-order valence-electron chi connectivity index (χ1n) is 6.67. The number of carbonyl (C=O) groups excluding carboxylic acids is 1. The number of benzene rings is 2. The van der Waals surface area contributed by atoms with Crippen LogP contribution in [0.3, 0.4) is 0 Å². The molecule has 0 fully saturated rings. The maximum Gasteiger partial charge on any atom is 0.243 e. The molecule has 0 aliphatic carbocycles. The summed E-state index contributed by atoms with van der Waals surface area (Å²) in [5.41, 5.74) is 1.36. The molecule has 0 heterocycles. The number of para-hydroxylation sites is 1. The standard InChI is InChI=1S/C16H13Cl2N3OS/c17-11-7-12(18)9-13(8-11)20-10-16(22)21-14-3-1-2-4-15(14)23-6-5-19/h1-4,7-9,20H,6,10H2,(H,21,22). The van der Waals surface area contributed by atoms with Crippen molar-refractivity contribution in [2.24, 2.45) is 0 Å². The Balaban J connectivity index is 1.96. The second-order valence-electron chi connectivity index (χ2n) is 4.50. The van der Waals surface area contributed by atoms with Crippen LogP contribution in [-0.2, 0) is 4.79 Å². The quantitative estimate of drug-likeness (QED) is 0.730. The predicted molar refractivity (Wildman–Crippen MR) is 96.4 cm³/mol. The fraction of sp³-hybridized carbons (Fsp3) is 0.125. The fourth-order valence-corrected chi connectivity index (χ4v) is 3.03. The lowest BCUT2D eigenvalue weighted by molar-refractivity contribution is -0.114. The number of hydrogen-bond acceptors (Lipinski definition) is 4. The first-order chi connectivity index (χ1) is 11.1. The minimum absolute atomic E-state index is 0.0773. The van der Waals surface area contributed by atoms with Crippen molar-refractivity contribution in [1.29, 1.82) is 5.26 Å². The molecular weight excluding hydrogens is 353 g/mol. The molecule has 0 aliphatic heterocycles. The van der Waals surface area contributed by atoms with Crippen LogP contribution >= 0.6 is 35.0 Å². The topological polar surface area (TPSA) is 64.9 Å². The van der Waals surface area contributed by atoms with Crippen molar-refractivity contribution in [3.05, 3.63) is 52.5 Å². The van der Waals surface area contributed by atoms with Gasteiger partial charge in [0.15, 0.2) is 0 Å². The summed E-state index contributed by atoms with van der Waals surface area (Å²) in [5, 5.41) is 15.5. The van der Waals surface area contributed by atoms with Gasteiger partial charge in [0.25, 0.3) is 0 Å². The number of thioether (sulfide) groups is 1. The number of anilines is 2. The Morgan fingerprint density at radius 1 is 1.17 bits per heavy atom. The zero-order valence-corrected chi connectivity index (χ0v) is 14.3. The van der Waals surface area contributed by atoms with E-state index < -0.39 is 0 Å². The van der Waals surface area contributed by atoms with Gasteiger partial charge in [0.2, 0.25) is 5.91 Å². The predicted octanol–water partition coefficient (Wildman–Crippen LogP) is 4.66. The molecule has 2 rings (SSSR count). The molecule has 4 nitrogen and oxygen atoms in total. The van der Waals surface area contributed by atoms with Gasteiger partial charge in [-0.3, -0.25) is 4.79 Å². The SMILES string of the molecule is N#CCSc1ccccc1NC(=O)CNc1cc(Cl)cc(Cl)c1.